The van der Waals surface area contributed by atoms with Crippen LogP contribution >= 0.6 is 24.0 Å². The number of halogens is 1. The van der Waals surface area contributed by atoms with Gasteiger partial charge in [0.05, 0.1) is 13.1 Å². The van der Waals surface area contributed by atoms with Gasteiger partial charge in [-0.05, 0) is 25.0 Å². The van der Waals surface area contributed by atoms with E-state index in [4.69, 9.17) is 14.5 Å². The number of rotatable bonds is 9. The molecule has 1 atom stereocenters. The van der Waals surface area contributed by atoms with E-state index in [1.54, 1.807) is 13.3 Å². The molecule has 0 saturated carbocycles. The standard InChI is InChI=1S/C24H31N7O2.HI/c1-3-25-24(28-20-11-12-22-29-21(17-32-2)30-31(22)15-20)27-14-19-10-7-13-26-23(19)33-16-18-8-5-4-6-9-18;/h4-10,13,20H,3,11-12,14-17H2,1-2H3,(H2,25,27,28);1H. The number of fused-ring (bicyclic) bond motifs is 1. The minimum absolute atomic E-state index is 0. The molecule has 182 valence electrons. The van der Waals surface area contributed by atoms with E-state index in [1.807, 2.05) is 47.1 Å². The van der Waals surface area contributed by atoms with Crippen molar-refractivity contribution in [2.75, 3.05) is 13.7 Å². The molecule has 4 rings (SSSR count). The number of nitrogens with zero attached hydrogens (tertiary/aromatic N) is 5. The van der Waals surface area contributed by atoms with E-state index >= 15 is 0 Å². The van der Waals surface area contributed by atoms with Crippen molar-refractivity contribution in [2.45, 2.75) is 52.1 Å². The number of nitrogens with one attached hydrogen (secondary N) is 2. The van der Waals surface area contributed by atoms with Gasteiger partial charge in [-0.15, -0.1) is 24.0 Å². The van der Waals surface area contributed by atoms with Crippen molar-refractivity contribution in [1.29, 1.82) is 0 Å². The van der Waals surface area contributed by atoms with Crippen LogP contribution in [0, 0.1) is 0 Å². The van der Waals surface area contributed by atoms with Gasteiger partial charge in [-0.1, -0.05) is 36.4 Å². The Hall–Kier alpha value is -2.73. The Labute approximate surface area is 217 Å². The Morgan fingerprint density at radius 1 is 1.18 bits per heavy atom. The predicted octanol–water partition coefficient (Wildman–Crippen LogP) is 3.09. The number of guanidine groups is 1. The molecule has 0 aliphatic carbocycles. The number of hydrogen-bond acceptors (Lipinski definition) is 6. The Kier molecular flexibility index (Phi) is 10.1. The quantitative estimate of drug-likeness (QED) is 0.229. The van der Waals surface area contributed by atoms with E-state index in [0.717, 1.165) is 54.7 Å². The van der Waals surface area contributed by atoms with Crippen LogP contribution in [-0.2, 0) is 37.5 Å². The molecule has 0 radical (unpaired) electrons. The Morgan fingerprint density at radius 2 is 2.03 bits per heavy atom. The molecule has 3 aromatic rings. The maximum Gasteiger partial charge on any atom is 0.218 e. The lowest BCUT2D eigenvalue weighted by Gasteiger charge is -2.25. The molecule has 0 amide bonds. The monoisotopic (exact) mass is 577 g/mol. The summed E-state index contributed by atoms with van der Waals surface area (Å²) in [5, 5.41) is 11.4. The highest BCUT2D eigenvalue weighted by atomic mass is 127. The van der Waals surface area contributed by atoms with E-state index in [9.17, 15) is 0 Å². The molecule has 0 fully saturated rings. The minimum Gasteiger partial charge on any atom is -0.473 e. The van der Waals surface area contributed by atoms with E-state index in [0.29, 0.717) is 25.6 Å². The van der Waals surface area contributed by atoms with Gasteiger partial charge in [0.2, 0.25) is 5.88 Å². The molecule has 0 spiro atoms. The van der Waals surface area contributed by atoms with Crippen molar-refractivity contribution in [2.24, 2.45) is 4.99 Å². The zero-order valence-electron chi connectivity index (χ0n) is 19.6. The third-order valence-electron chi connectivity index (χ3n) is 5.34. The third kappa shape index (κ3) is 7.13. The molecule has 2 aromatic heterocycles. The summed E-state index contributed by atoms with van der Waals surface area (Å²) in [5.41, 5.74) is 2.04. The van der Waals surface area contributed by atoms with Crippen LogP contribution in [-0.4, -0.2) is 45.4 Å². The second-order valence-electron chi connectivity index (χ2n) is 7.88. The average Bonchev–Trinajstić information content (AvgIpc) is 3.24. The molecule has 34 heavy (non-hydrogen) atoms. The highest BCUT2D eigenvalue weighted by molar-refractivity contribution is 14.0. The molecule has 10 heteroatoms. The summed E-state index contributed by atoms with van der Waals surface area (Å²) in [7, 11) is 1.66. The van der Waals surface area contributed by atoms with Crippen molar-refractivity contribution < 1.29 is 9.47 Å². The number of aryl methyl sites for hydroxylation is 1. The van der Waals surface area contributed by atoms with Gasteiger partial charge in [0.25, 0.3) is 0 Å². The summed E-state index contributed by atoms with van der Waals surface area (Å²) in [5.74, 6) is 3.11. The fraction of sp³-hybridized carbons (Fsp3) is 0.417. The first-order valence-corrected chi connectivity index (χ1v) is 11.3. The van der Waals surface area contributed by atoms with Crippen LogP contribution in [0.25, 0.3) is 0 Å². The molecule has 1 aliphatic heterocycles. The lowest BCUT2D eigenvalue weighted by Crippen LogP contribution is -2.47. The summed E-state index contributed by atoms with van der Waals surface area (Å²) < 4.78 is 13.1. The van der Waals surface area contributed by atoms with Crippen molar-refractivity contribution in [3.63, 3.8) is 0 Å². The number of aromatic nitrogens is 4. The number of aliphatic imine (C=N–C) groups is 1. The average molecular weight is 577 g/mol. The minimum atomic E-state index is 0. The zero-order valence-corrected chi connectivity index (χ0v) is 21.9. The number of ether oxygens (including phenoxy) is 2. The first-order chi connectivity index (χ1) is 16.2. The van der Waals surface area contributed by atoms with Gasteiger partial charge in [-0.25, -0.2) is 19.6 Å². The van der Waals surface area contributed by atoms with Gasteiger partial charge in [0, 0.05) is 37.9 Å². The molecular formula is C24H32IN7O2. The molecule has 1 unspecified atom stereocenters. The molecule has 9 nitrogen and oxygen atoms in total. The summed E-state index contributed by atoms with van der Waals surface area (Å²) in [6.07, 6.45) is 3.58. The number of methoxy groups -OCH3 is 1. The molecule has 1 aromatic carbocycles. The molecule has 0 saturated heterocycles. The van der Waals surface area contributed by atoms with Gasteiger partial charge < -0.3 is 20.1 Å². The SMILES string of the molecule is CCNC(=NCc1cccnc1OCc1ccccc1)NC1CCc2nc(COC)nn2C1.I. The second kappa shape index (κ2) is 13.2. The maximum atomic E-state index is 5.98. The predicted molar refractivity (Wildman–Crippen MR) is 141 cm³/mol. The van der Waals surface area contributed by atoms with E-state index in [2.05, 4.69) is 32.6 Å². The largest absolute Gasteiger partial charge is 0.473 e. The van der Waals surface area contributed by atoms with Gasteiger partial charge in [0.1, 0.15) is 19.0 Å². The lowest BCUT2D eigenvalue weighted by atomic mass is 10.1. The van der Waals surface area contributed by atoms with Crippen molar-refractivity contribution >= 4 is 29.9 Å². The zero-order chi connectivity index (χ0) is 22.9. The van der Waals surface area contributed by atoms with E-state index < -0.39 is 0 Å². The first-order valence-electron chi connectivity index (χ1n) is 11.3. The van der Waals surface area contributed by atoms with Crippen LogP contribution in [0.5, 0.6) is 5.88 Å². The highest BCUT2D eigenvalue weighted by Gasteiger charge is 2.22. The Balaban J connectivity index is 0.00000324. The summed E-state index contributed by atoms with van der Waals surface area (Å²) in [6, 6.07) is 14.2. The number of benzene rings is 1. The summed E-state index contributed by atoms with van der Waals surface area (Å²) in [6.45, 7) is 4.95. The highest BCUT2D eigenvalue weighted by Crippen LogP contribution is 2.18. The first kappa shape index (κ1) is 25.9. The van der Waals surface area contributed by atoms with Crippen LogP contribution in [0.1, 0.15) is 36.1 Å². The van der Waals surface area contributed by atoms with Crippen molar-refractivity contribution in [3.8, 4) is 5.88 Å². The van der Waals surface area contributed by atoms with Gasteiger partial charge in [0.15, 0.2) is 11.8 Å². The molecule has 1 aliphatic rings. The topological polar surface area (TPSA) is 98.5 Å². The molecular weight excluding hydrogens is 545 g/mol. The maximum absolute atomic E-state index is 5.98. The molecule has 2 N–H and O–H groups in total. The van der Waals surface area contributed by atoms with Crippen LogP contribution < -0.4 is 15.4 Å². The van der Waals surface area contributed by atoms with Crippen LogP contribution in [0.3, 0.4) is 0 Å². The van der Waals surface area contributed by atoms with E-state index in [-0.39, 0.29) is 30.0 Å². The van der Waals surface area contributed by atoms with Crippen molar-refractivity contribution in [3.05, 3.63) is 71.4 Å². The van der Waals surface area contributed by atoms with Crippen molar-refractivity contribution in [1.82, 2.24) is 30.4 Å². The summed E-state index contributed by atoms with van der Waals surface area (Å²) in [4.78, 5) is 13.8. The third-order valence-corrected chi connectivity index (χ3v) is 5.34. The second-order valence-corrected chi connectivity index (χ2v) is 7.88. The fourth-order valence-corrected chi connectivity index (χ4v) is 3.75. The lowest BCUT2D eigenvalue weighted by molar-refractivity contribution is 0.177. The van der Waals surface area contributed by atoms with Gasteiger partial charge in [-0.2, -0.15) is 5.10 Å². The summed E-state index contributed by atoms with van der Waals surface area (Å²) >= 11 is 0. The van der Waals surface area contributed by atoms with Gasteiger partial charge >= 0.3 is 0 Å². The van der Waals surface area contributed by atoms with Crippen LogP contribution in [0.2, 0.25) is 0 Å². The smallest absolute Gasteiger partial charge is 0.218 e. The number of pyridine rings is 1. The molecule has 0 bridgehead atoms. The normalized spacial score (nSPS) is 15.2. The van der Waals surface area contributed by atoms with E-state index in [1.165, 1.54) is 0 Å². The molecule has 3 heterocycles. The van der Waals surface area contributed by atoms with Crippen LogP contribution in [0.15, 0.2) is 53.7 Å². The fourth-order valence-electron chi connectivity index (χ4n) is 3.75. The Bertz CT molecular complexity index is 1060. The van der Waals surface area contributed by atoms with Crippen LogP contribution in [0.4, 0.5) is 0 Å². The number of hydrogen-bond donors (Lipinski definition) is 2. The van der Waals surface area contributed by atoms with Gasteiger partial charge in [-0.3, -0.25) is 0 Å². The Morgan fingerprint density at radius 3 is 2.82 bits per heavy atom.